The Morgan fingerprint density at radius 2 is 1.41 bits per heavy atom. The lowest BCUT2D eigenvalue weighted by molar-refractivity contribution is 0.470. The molecule has 5 aliphatic rings. The van der Waals surface area contributed by atoms with Crippen molar-refractivity contribution in [3.63, 3.8) is 0 Å². The molecule has 0 amide bonds. The lowest BCUT2D eigenvalue weighted by atomic mass is 9.63. The minimum atomic E-state index is -0.325. The first-order valence-electron chi connectivity index (χ1n) is 24.4. The molecular formula is C65H69N. The fourth-order valence-corrected chi connectivity index (χ4v) is 10.3. The maximum Gasteiger partial charge on any atom is 0.0543 e. The minimum Gasteiger partial charge on any atom is -0.310 e. The molecule has 0 aromatic heterocycles. The third kappa shape index (κ3) is 9.10. The summed E-state index contributed by atoms with van der Waals surface area (Å²) in [6.07, 6.45) is 36.1. The van der Waals surface area contributed by atoms with Crippen LogP contribution in [0, 0.1) is 11.8 Å². The van der Waals surface area contributed by atoms with E-state index < -0.39 is 0 Å². The van der Waals surface area contributed by atoms with Crippen LogP contribution in [0.15, 0.2) is 212 Å². The molecule has 5 aromatic rings. The van der Waals surface area contributed by atoms with E-state index in [1.165, 1.54) is 95.0 Å². The molecule has 0 saturated heterocycles. The van der Waals surface area contributed by atoms with E-state index in [0.29, 0.717) is 5.92 Å². The van der Waals surface area contributed by atoms with E-state index in [9.17, 15) is 0 Å². The van der Waals surface area contributed by atoms with Crippen LogP contribution in [0.2, 0.25) is 0 Å². The zero-order valence-corrected chi connectivity index (χ0v) is 40.9. The van der Waals surface area contributed by atoms with Crippen molar-refractivity contribution >= 4 is 23.0 Å². The van der Waals surface area contributed by atoms with E-state index in [1.54, 1.807) is 6.08 Å². The molecule has 1 heteroatoms. The number of hydrogen-bond acceptors (Lipinski definition) is 1. The van der Waals surface area contributed by atoms with Gasteiger partial charge in [0, 0.05) is 22.4 Å². The van der Waals surface area contributed by atoms with E-state index >= 15 is 0 Å². The molecule has 3 atom stereocenters. The van der Waals surface area contributed by atoms with E-state index in [0.717, 1.165) is 19.3 Å². The quantitative estimate of drug-likeness (QED) is 0.109. The van der Waals surface area contributed by atoms with Gasteiger partial charge in [-0.1, -0.05) is 218 Å². The Kier molecular flexibility index (Phi) is 15.4. The van der Waals surface area contributed by atoms with Crippen LogP contribution in [0.5, 0.6) is 0 Å². The molecule has 66 heavy (non-hydrogen) atoms. The number of rotatable bonds is 8. The Balaban J connectivity index is 0.000000669. The summed E-state index contributed by atoms with van der Waals surface area (Å²) >= 11 is 0. The van der Waals surface area contributed by atoms with Gasteiger partial charge in [0.25, 0.3) is 0 Å². The molecule has 3 unspecified atom stereocenters. The molecule has 2 bridgehead atoms. The minimum absolute atomic E-state index is 0.270. The fourth-order valence-electron chi connectivity index (χ4n) is 10.3. The van der Waals surface area contributed by atoms with Crippen LogP contribution >= 0.6 is 0 Å². The van der Waals surface area contributed by atoms with Gasteiger partial charge in [-0.25, -0.2) is 0 Å². The number of benzene rings is 5. The first kappa shape index (κ1) is 47.3. The molecule has 10 rings (SSSR count). The van der Waals surface area contributed by atoms with Gasteiger partial charge in [0.05, 0.1) is 5.69 Å². The topological polar surface area (TPSA) is 3.24 Å². The molecule has 5 aromatic carbocycles. The molecule has 0 radical (unpaired) electrons. The summed E-state index contributed by atoms with van der Waals surface area (Å²) < 4.78 is 0. The van der Waals surface area contributed by atoms with Crippen molar-refractivity contribution in [1.29, 1.82) is 0 Å². The summed E-state index contributed by atoms with van der Waals surface area (Å²) in [5, 5.41) is 0. The number of allylic oxidation sites excluding steroid dienone is 17. The van der Waals surface area contributed by atoms with Crippen LogP contribution in [0.3, 0.4) is 0 Å². The molecule has 0 spiro atoms. The average molecular weight is 864 g/mol. The number of hydrogen-bond donors (Lipinski definition) is 0. The molecule has 0 fully saturated rings. The molecule has 0 saturated carbocycles. The first-order chi connectivity index (χ1) is 32.3. The van der Waals surface area contributed by atoms with Gasteiger partial charge in [-0.15, -0.1) is 0 Å². The van der Waals surface area contributed by atoms with Crippen LogP contribution in [0.1, 0.15) is 108 Å². The lowest BCUT2D eigenvalue weighted by Gasteiger charge is -2.39. The van der Waals surface area contributed by atoms with Crippen LogP contribution in [-0.4, -0.2) is 0 Å². The maximum absolute atomic E-state index is 3.46. The summed E-state index contributed by atoms with van der Waals surface area (Å²) in [7, 11) is 0. The second-order valence-corrected chi connectivity index (χ2v) is 17.3. The van der Waals surface area contributed by atoms with E-state index in [1.807, 2.05) is 46.8 Å². The van der Waals surface area contributed by atoms with Gasteiger partial charge in [0.1, 0.15) is 0 Å². The Morgan fingerprint density at radius 1 is 0.697 bits per heavy atom. The number of fused-ring (bicyclic) bond motifs is 7. The van der Waals surface area contributed by atoms with Crippen molar-refractivity contribution in [3.05, 3.63) is 251 Å². The second-order valence-electron chi connectivity index (χ2n) is 17.3. The van der Waals surface area contributed by atoms with Crippen molar-refractivity contribution in [2.75, 3.05) is 4.90 Å². The van der Waals surface area contributed by atoms with Gasteiger partial charge < -0.3 is 4.90 Å². The second kappa shape index (κ2) is 21.5. The third-order valence-corrected chi connectivity index (χ3v) is 13.6. The predicted molar refractivity (Wildman–Crippen MR) is 290 cm³/mol. The molecule has 1 nitrogen and oxygen atoms in total. The van der Waals surface area contributed by atoms with Gasteiger partial charge in [-0.3, -0.25) is 0 Å². The summed E-state index contributed by atoms with van der Waals surface area (Å²) in [5.74, 6) is 0.578. The van der Waals surface area contributed by atoms with Crippen molar-refractivity contribution in [1.82, 2.24) is 0 Å². The van der Waals surface area contributed by atoms with Crippen LogP contribution in [0.4, 0.5) is 11.4 Å². The molecular weight excluding hydrogens is 795 g/mol. The summed E-state index contributed by atoms with van der Waals surface area (Å²) in [4.78, 5) is 2.50. The highest BCUT2D eigenvalue weighted by Crippen LogP contribution is 2.50. The highest BCUT2D eigenvalue weighted by Gasteiger charge is 2.40. The standard InChI is InChI=1S/C56H49N.C5H8.2C2H6/c1-5-31-56(39(4)40-14-7-8-15-40,48-28-23-46-33-45-16-9-11-20-51(45)52(46)36-48)47-26-21-41(22-27-47)42-24-29-49(30-25-42)57-54-32-37(2)13-6-10-19-50(38(54)3)53-34-43-17-12-18-44(43)35-55(53)57;1-3-5-4-2;2*1-2/h5-14,16-17,19-32,34-37,39H,15,18,33H2,1-4H3;3-5H,1H2,2H3;2*1-2H3/b13-6?,19-10-,31-5-,54-32+;5-4-;;. The van der Waals surface area contributed by atoms with E-state index in [4.69, 9.17) is 0 Å². The summed E-state index contributed by atoms with van der Waals surface area (Å²) in [5.41, 5.74) is 22.2. The van der Waals surface area contributed by atoms with Crippen LogP contribution in [-0.2, 0) is 18.3 Å². The molecule has 1 heterocycles. The zero-order valence-electron chi connectivity index (χ0n) is 40.9. The molecule has 1 aliphatic heterocycles. The largest absolute Gasteiger partial charge is 0.310 e. The Hall–Kier alpha value is -6.70. The van der Waals surface area contributed by atoms with Gasteiger partial charge >= 0.3 is 0 Å². The average Bonchev–Trinajstić information content (AvgIpc) is 4.15. The van der Waals surface area contributed by atoms with Crippen molar-refractivity contribution in [2.45, 2.75) is 87.0 Å². The molecule has 334 valence electrons. The van der Waals surface area contributed by atoms with Crippen LogP contribution < -0.4 is 4.90 Å². The number of anilines is 2. The highest BCUT2D eigenvalue weighted by atomic mass is 15.2. The maximum atomic E-state index is 3.46. The van der Waals surface area contributed by atoms with Crippen molar-refractivity contribution in [3.8, 4) is 22.3 Å². The van der Waals surface area contributed by atoms with Gasteiger partial charge in [0.15, 0.2) is 0 Å². The zero-order chi connectivity index (χ0) is 46.8. The third-order valence-electron chi connectivity index (χ3n) is 13.6. The van der Waals surface area contributed by atoms with Crippen LogP contribution in [0.25, 0.3) is 33.9 Å². The van der Waals surface area contributed by atoms with Crippen molar-refractivity contribution < 1.29 is 0 Å². The summed E-state index contributed by atoms with van der Waals surface area (Å²) in [6, 6.07) is 39.7. The normalized spacial score (nSPS) is 18.6. The van der Waals surface area contributed by atoms with Crippen molar-refractivity contribution in [2.24, 2.45) is 11.8 Å². The Bertz CT molecular complexity index is 2820. The van der Waals surface area contributed by atoms with Gasteiger partial charge in [0.2, 0.25) is 0 Å². The SMILES string of the molecule is C/C=C\C(c1ccc(-c2ccc(N3C4=C\C(C)C=C\C=C/C(=C/4C)c4cc5c(cc43)CC=C5)cc2)cc1)(c1ccc2c(c1)-c1ccccc1C2)C(C)C1=CC=CC1.C=C/C=C\C.CC.CC. The Morgan fingerprint density at radius 3 is 2.09 bits per heavy atom. The smallest absolute Gasteiger partial charge is 0.0543 e. The van der Waals surface area contributed by atoms with E-state index in [2.05, 4.69) is 215 Å². The highest BCUT2D eigenvalue weighted by molar-refractivity contribution is 5.96. The summed E-state index contributed by atoms with van der Waals surface area (Å²) in [6.45, 7) is 22.6. The monoisotopic (exact) mass is 864 g/mol. The number of nitrogens with zero attached hydrogens (tertiary/aromatic N) is 1. The molecule has 0 N–H and O–H groups in total. The molecule has 4 aliphatic carbocycles. The predicted octanol–water partition coefficient (Wildman–Crippen LogP) is 18.3. The Labute approximate surface area is 397 Å². The van der Waals surface area contributed by atoms with E-state index in [-0.39, 0.29) is 11.3 Å². The first-order valence-corrected chi connectivity index (χ1v) is 24.4. The lowest BCUT2D eigenvalue weighted by Crippen LogP contribution is -2.34. The fraction of sp³-hybridized carbons (Fsp3) is 0.231. The van der Waals surface area contributed by atoms with Gasteiger partial charge in [-0.2, -0.15) is 0 Å². The van der Waals surface area contributed by atoms with Gasteiger partial charge in [-0.05, 0) is 149 Å².